The Bertz CT molecular complexity index is 1550. The fraction of sp³-hybridized carbons (Fsp3) is 0.758. The van der Waals surface area contributed by atoms with E-state index in [-0.39, 0.29) is 29.3 Å². The van der Waals surface area contributed by atoms with Gasteiger partial charge in [0.25, 0.3) is 0 Å². The van der Waals surface area contributed by atoms with Gasteiger partial charge in [0.1, 0.15) is 6.26 Å². The number of esters is 1. The van der Waals surface area contributed by atoms with Crippen molar-refractivity contribution >= 4 is 33.4 Å². The van der Waals surface area contributed by atoms with Crippen molar-refractivity contribution in [3.8, 4) is 0 Å². The molecule has 12 heteroatoms. The molecule has 0 aromatic carbocycles. The van der Waals surface area contributed by atoms with Crippen molar-refractivity contribution in [1.82, 2.24) is 0 Å². The molecule has 0 radical (unpaired) electrons. The zero-order chi connectivity index (χ0) is 34.0. The quantitative estimate of drug-likeness (QED) is 0.0874. The van der Waals surface area contributed by atoms with Gasteiger partial charge >= 0.3 is 21.6 Å². The molecule has 0 heterocycles. The molecular formula is C33H43F3O8S. The van der Waals surface area contributed by atoms with Gasteiger partial charge < -0.3 is 8.92 Å². The summed E-state index contributed by atoms with van der Waals surface area (Å²) in [5.41, 5.74) is -11.2. The van der Waals surface area contributed by atoms with Crippen LogP contribution in [0.4, 0.5) is 13.2 Å². The maximum atomic E-state index is 14.5. The molecule has 5 rings (SSSR count). The molecule has 7 atom stereocenters. The number of methoxy groups -OCH3 is 1. The number of ether oxygens (including phenoxy) is 1. The van der Waals surface area contributed by atoms with E-state index in [1.807, 2.05) is 6.92 Å². The predicted molar refractivity (Wildman–Crippen MR) is 156 cm³/mol. The minimum atomic E-state index is -6.12. The lowest BCUT2D eigenvalue weighted by atomic mass is 9.33. The number of hydrogen-bond donors (Lipinski definition) is 0. The molecule has 45 heavy (non-hydrogen) atoms. The highest BCUT2D eigenvalue weighted by atomic mass is 32.2. The predicted octanol–water partition coefficient (Wildman–Crippen LogP) is 6.25. The Kier molecular flexibility index (Phi) is 7.34. The zero-order valence-electron chi connectivity index (χ0n) is 27.1. The van der Waals surface area contributed by atoms with Crippen LogP contribution in [-0.4, -0.2) is 44.4 Å². The van der Waals surface area contributed by atoms with Crippen LogP contribution in [0.15, 0.2) is 23.5 Å². The van der Waals surface area contributed by atoms with Crippen LogP contribution in [0, 0.1) is 50.2 Å². The first-order valence-electron chi connectivity index (χ1n) is 15.5. The molecule has 0 spiro atoms. The maximum absolute atomic E-state index is 14.5. The van der Waals surface area contributed by atoms with Crippen molar-refractivity contribution in [2.24, 2.45) is 50.2 Å². The smallest absolute Gasteiger partial charge is 0.469 e. The number of rotatable bonds is 3. The summed E-state index contributed by atoms with van der Waals surface area (Å²) in [6.45, 7) is 13.1. The first-order valence-corrected chi connectivity index (χ1v) is 16.9. The topological polar surface area (TPSA) is 121 Å². The number of alkyl halides is 3. The third kappa shape index (κ3) is 4.31. The summed E-state index contributed by atoms with van der Waals surface area (Å²) in [6.07, 6.45) is 5.66. The molecule has 8 nitrogen and oxygen atoms in total. The number of Topliss-reactive ketones (excluding diaryl/α,β-unsaturated/α-hetero) is 2. The lowest BCUT2D eigenvalue weighted by molar-refractivity contribution is -0.192. The van der Waals surface area contributed by atoms with E-state index in [9.17, 15) is 40.8 Å². The van der Waals surface area contributed by atoms with Gasteiger partial charge in [0, 0.05) is 11.3 Å². The number of carbonyl (C=O) groups excluding carboxylic acids is 4. The molecule has 0 aromatic heterocycles. The third-order valence-electron chi connectivity index (χ3n) is 13.1. The molecule has 4 fully saturated rings. The summed E-state index contributed by atoms with van der Waals surface area (Å²) >= 11 is 0. The van der Waals surface area contributed by atoms with E-state index >= 15 is 0 Å². The van der Waals surface area contributed by atoms with Crippen LogP contribution in [0.25, 0.3) is 0 Å². The molecule has 250 valence electrons. The van der Waals surface area contributed by atoms with Crippen LogP contribution in [-0.2, 0) is 38.2 Å². The number of fused-ring (bicyclic) bond motifs is 7. The van der Waals surface area contributed by atoms with Gasteiger partial charge in [0.05, 0.1) is 23.5 Å². The highest BCUT2D eigenvalue weighted by Gasteiger charge is 2.73. The molecule has 5 aliphatic carbocycles. The number of hydrogen-bond acceptors (Lipinski definition) is 8. The Morgan fingerprint density at radius 2 is 1.53 bits per heavy atom. The summed E-state index contributed by atoms with van der Waals surface area (Å²) in [7, 11) is -4.75. The van der Waals surface area contributed by atoms with Crippen LogP contribution >= 0.6 is 0 Å². The van der Waals surface area contributed by atoms with Crippen molar-refractivity contribution < 1.29 is 49.7 Å². The average Bonchev–Trinajstić information content (AvgIpc) is 2.92. The first-order chi connectivity index (χ1) is 20.4. The SMILES string of the molecule is COC(=O)C12CCC(C)(C)CC1C1C(=O)C=C3C4(C)C(=O)/C(=C\OS(=O)(=O)C(F)(F)F)C(=O)C(C)(C)C4CCC3(C)[C@]1(C)CC2. The van der Waals surface area contributed by atoms with Crippen molar-refractivity contribution in [2.75, 3.05) is 7.11 Å². The van der Waals surface area contributed by atoms with E-state index in [1.54, 1.807) is 20.8 Å². The fourth-order valence-corrected chi connectivity index (χ4v) is 10.8. The van der Waals surface area contributed by atoms with E-state index in [1.165, 1.54) is 13.2 Å². The second-order valence-electron chi connectivity index (χ2n) is 16.0. The zero-order valence-corrected chi connectivity index (χ0v) is 28.0. The maximum Gasteiger partial charge on any atom is 0.534 e. The monoisotopic (exact) mass is 656 g/mol. The van der Waals surface area contributed by atoms with Gasteiger partial charge in [-0.25, -0.2) is 0 Å². The number of halogens is 3. The van der Waals surface area contributed by atoms with E-state index in [2.05, 4.69) is 25.0 Å². The molecule has 6 unspecified atom stereocenters. The van der Waals surface area contributed by atoms with Crippen LogP contribution in [0.1, 0.15) is 93.4 Å². The Morgan fingerprint density at radius 1 is 0.933 bits per heavy atom. The lowest BCUT2D eigenvalue weighted by Crippen LogP contribution is -2.67. The highest BCUT2D eigenvalue weighted by Crippen LogP contribution is 2.74. The number of carbonyl (C=O) groups is 4. The minimum absolute atomic E-state index is 0.116. The molecule has 5 aliphatic rings. The first kappa shape index (κ1) is 33.9. The van der Waals surface area contributed by atoms with Gasteiger partial charge in [-0.1, -0.05) is 41.5 Å². The van der Waals surface area contributed by atoms with Crippen molar-refractivity contribution in [3.63, 3.8) is 0 Å². The van der Waals surface area contributed by atoms with Crippen LogP contribution in [0.3, 0.4) is 0 Å². The van der Waals surface area contributed by atoms with E-state index in [0.29, 0.717) is 44.1 Å². The second kappa shape index (κ2) is 9.76. The summed E-state index contributed by atoms with van der Waals surface area (Å²) < 4.78 is 72.1. The van der Waals surface area contributed by atoms with Crippen LogP contribution in [0.2, 0.25) is 0 Å². The molecular weight excluding hydrogens is 613 g/mol. The summed E-state index contributed by atoms with van der Waals surface area (Å²) in [5.74, 6) is -3.64. The van der Waals surface area contributed by atoms with E-state index in [0.717, 1.165) is 6.42 Å². The van der Waals surface area contributed by atoms with E-state index in [4.69, 9.17) is 4.74 Å². The number of allylic oxidation sites excluding steroid dienone is 3. The fourth-order valence-electron chi connectivity index (χ4n) is 10.4. The molecule has 0 bridgehead atoms. The lowest BCUT2D eigenvalue weighted by Gasteiger charge is -2.68. The normalized spacial score (nSPS) is 41.7. The highest BCUT2D eigenvalue weighted by molar-refractivity contribution is 7.87. The van der Waals surface area contributed by atoms with Gasteiger partial charge in [0.2, 0.25) is 0 Å². The Morgan fingerprint density at radius 3 is 2.11 bits per heavy atom. The molecule has 0 amide bonds. The van der Waals surface area contributed by atoms with Gasteiger partial charge in [-0.05, 0) is 91.6 Å². The molecule has 0 saturated heterocycles. The molecule has 4 saturated carbocycles. The van der Waals surface area contributed by atoms with Gasteiger partial charge in [-0.15, -0.1) is 0 Å². The summed E-state index contributed by atoms with van der Waals surface area (Å²) in [5, 5.41) is 0. The Hall–Kier alpha value is -2.50. The standard InChI is InChI=1S/C33H43F3O8S/c1-27(2)11-13-32(26(40)43-8)14-12-30(6)23(19(32)16-27)20(37)15-22-29(30,5)10-9-21-28(3,4)24(38)18(25(39)31(21,22)7)17-44-45(41,42)33(34,35)36/h15,17,19,21,23H,9-14,16H2,1-8H3/b18-17-/t19?,21?,23?,29?,30-,31?,32?/m1/s1. The van der Waals surface area contributed by atoms with Crippen molar-refractivity contribution in [2.45, 2.75) is 98.9 Å². The molecule has 0 aliphatic heterocycles. The Balaban J connectivity index is 1.67. The minimum Gasteiger partial charge on any atom is -0.469 e. The third-order valence-corrected chi connectivity index (χ3v) is 14.0. The van der Waals surface area contributed by atoms with Crippen LogP contribution in [0.5, 0.6) is 0 Å². The van der Waals surface area contributed by atoms with Crippen molar-refractivity contribution in [3.05, 3.63) is 23.5 Å². The summed E-state index contributed by atoms with van der Waals surface area (Å²) in [6, 6.07) is 0. The molecule has 0 N–H and O–H groups in total. The second-order valence-corrected chi connectivity index (χ2v) is 17.6. The van der Waals surface area contributed by atoms with Crippen LogP contribution < -0.4 is 0 Å². The van der Waals surface area contributed by atoms with Crippen molar-refractivity contribution in [1.29, 1.82) is 0 Å². The van der Waals surface area contributed by atoms with E-state index < -0.39 is 71.7 Å². The average molecular weight is 657 g/mol. The molecule has 0 aromatic rings. The number of ketones is 3. The van der Waals surface area contributed by atoms with Gasteiger partial charge in [0.15, 0.2) is 17.3 Å². The van der Waals surface area contributed by atoms with Gasteiger partial charge in [-0.3, -0.25) is 19.2 Å². The largest absolute Gasteiger partial charge is 0.534 e. The van der Waals surface area contributed by atoms with Gasteiger partial charge in [-0.2, -0.15) is 21.6 Å². The Labute approximate surface area is 262 Å². The summed E-state index contributed by atoms with van der Waals surface area (Å²) in [4.78, 5) is 55.9.